The van der Waals surface area contributed by atoms with Crippen LogP contribution in [0.3, 0.4) is 0 Å². The van der Waals surface area contributed by atoms with E-state index in [2.05, 4.69) is 33.6 Å². The van der Waals surface area contributed by atoms with Gasteiger partial charge in [0.05, 0.1) is 6.54 Å². The highest BCUT2D eigenvalue weighted by Crippen LogP contribution is 2.38. The van der Waals surface area contributed by atoms with E-state index >= 15 is 0 Å². The Morgan fingerprint density at radius 3 is 2.55 bits per heavy atom. The van der Waals surface area contributed by atoms with Crippen molar-refractivity contribution in [2.45, 2.75) is 27.3 Å². The molecule has 0 bridgehead atoms. The average Bonchev–Trinajstić information content (AvgIpc) is 3.23. The molecule has 1 aliphatic heterocycles. The Hall–Kier alpha value is -3.72. The predicted molar refractivity (Wildman–Crippen MR) is 123 cm³/mol. The molecule has 0 unspecified atom stereocenters. The highest BCUT2D eigenvalue weighted by atomic mass is 32.1. The third kappa shape index (κ3) is 3.23. The Balaban J connectivity index is 1.75. The quantitative estimate of drug-likeness (QED) is 0.484. The largest absolute Gasteiger partial charge is 0.399 e. The number of nitrogens with one attached hydrogen (secondary N) is 1. The van der Waals surface area contributed by atoms with Gasteiger partial charge in [0.15, 0.2) is 0 Å². The van der Waals surface area contributed by atoms with E-state index in [1.165, 1.54) is 16.5 Å². The molecule has 4 aromatic rings. The Kier molecular flexibility index (Phi) is 4.48. The normalized spacial score (nSPS) is 12.9. The summed E-state index contributed by atoms with van der Waals surface area (Å²) in [6.45, 7) is 6.61. The molecule has 1 aliphatic rings. The monoisotopic (exact) mass is 431 g/mol. The first-order chi connectivity index (χ1) is 14.9. The molecule has 3 aromatic heterocycles. The fraction of sp³-hybridized carbons (Fsp3) is 0.182. The van der Waals surface area contributed by atoms with Crippen LogP contribution in [0.5, 0.6) is 0 Å². The molecule has 0 aliphatic carbocycles. The van der Waals surface area contributed by atoms with Gasteiger partial charge in [0.1, 0.15) is 16.5 Å². The van der Waals surface area contributed by atoms with Gasteiger partial charge in [0.25, 0.3) is 5.95 Å². The van der Waals surface area contributed by atoms with Gasteiger partial charge in [-0.1, -0.05) is 18.2 Å². The van der Waals surface area contributed by atoms with Crippen LogP contribution in [-0.4, -0.2) is 25.5 Å². The van der Waals surface area contributed by atoms with Crippen molar-refractivity contribution < 1.29 is 0 Å². The third-order valence-corrected chi connectivity index (χ3v) is 6.62. The minimum Gasteiger partial charge on any atom is -0.399 e. The Morgan fingerprint density at radius 2 is 1.84 bits per heavy atom. The number of hydrogen-bond acceptors (Lipinski definition) is 7. The van der Waals surface area contributed by atoms with Crippen LogP contribution in [0, 0.1) is 20.8 Å². The Bertz CT molecular complexity index is 1360. The van der Waals surface area contributed by atoms with Crippen molar-refractivity contribution in [3.05, 3.63) is 85.9 Å². The number of hydrogen-bond donors (Lipinski definition) is 2. The van der Waals surface area contributed by atoms with E-state index in [4.69, 9.17) is 10.8 Å². The Labute approximate surface area is 182 Å². The molecule has 5 rings (SSSR count). The molecular weight excluding hydrogens is 410 g/mol. The van der Waals surface area contributed by atoms with Crippen LogP contribution < -0.4 is 16.3 Å². The molecule has 1 aromatic carbocycles. The fourth-order valence-corrected chi connectivity index (χ4v) is 4.88. The summed E-state index contributed by atoms with van der Waals surface area (Å²) in [6, 6.07) is 11.0. The maximum Gasteiger partial charge on any atom is 0.253 e. The van der Waals surface area contributed by atoms with E-state index in [0.717, 1.165) is 33.2 Å². The molecule has 0 radical (unpaired) electrons. The van der Waals surface area contributed by atoms with E-state index in [1.807, 2.05) is 36.2 Å². The van der Waals surface area contributed by atoms with Gasteiger partial charge in [-0.15, -0.1) is 21.5 Å². The summed E-state index contributed by atoms with van der Waals surface area (Å²) in [5, 5.41) is 16.7. The number of nitrogens with two attached hydrogens (primary N) is 1. The second-order valence-electron chi connectivity index (χ2n) is 7.54. The summed E-state index contributed by atoms with van der Waals surface area (Å²) in [5.74, 6) is 1.43. The number of fused-ring (bicyclic) bond motifs is 3. The fourth-order valence-electron chi connectivity index (χ4n) is 3.68. The molecule has 0 spiro atoms. The molecule has 4 heterocycles. The lowest BCUT2D eigenvalue weighted by Gasteiger charge is -2.18. The molecule has 0 saturated heterocycles. The van der Waals surface area contributed by atoms with Crippen molar-refractivity contribution in [1.82, 2.24) is 19.7 Å². The van der Waals surface area contributed by atoms with Crippen molar-refractivity contribution in [2.24, 2.45) is 5.10 Å². The predicted octanol–water partition coefficient (Wildman–Crippen LogP) is 3.30. The van der Waals surface area contributed by atoms with Crippen molar-refractivity contribution in [3.63, 3.8) is 0 Å². The first-order valence-electron chi connectivity index (χ1n) is 9.85. The lowest BCUT2D eigenvalue weighted by atomic mass is 10.00. The molecule has 0 atom stereocenters. The number of anilines is 2. The molecule has 9 heteroatoms. The zero-order chi connectivity index (χ0) is 21.7. The van der Waals surface area contributed by atoms with Gasteiger partial charge in [-0.3, -0.25) is 9.36 Å². The summed E-state index contributed by atoms with van der Waals surface area (Å²) in [4.78, 5) is 15.4. The van der Waals surface area contributed by atoms with Crippen LogP contribution in [0.25, 0.3) is 5.00 Å². The number of H-pyrrole nitrogens is 1. The number of aromatic amines is 1. The number of rotatable bonds is 3. The number of nitrogen functional groups attached to an aromatic ring is 1. The van der Waals surface area contributed by atoms with E-state index in [1.54, 1.807) is 23.6 Å². The Morgan fingerprint density at radius 1 is 1.06 bits per heavy atom. The second-order valence-corrected chi connectivity index (χ2v) is 8.74. The number of aromatic nitrogens is 4. The van der Waals surface area contributed by atoms with Crippen LogP contribution in [0.1, 0.15) is 33.0 Å². The van der Waals surface area contributed by atoms with E-state index in [0.29, 0.717) is 18.2 Å². The molecule has 0 saturated carbocycles. The van der Waals surface area contributed by atoms with Crippen LogP contribution in [0.15, 0.2) is 52.5 Å². The standard InChI is InChI=1S/C22H21N7OS/c1-12-13(2)31-21-19(12)20(16-5-7-17(23)8-6-16)27-28(22-26-25-14(3)29(21)22)11-15-4-9-18(30)24-10-15/h4-10H,11,23H2,1-3H3,(H,24,30). The number of pyridine rings is 1. The maximum absolute atomic E-state index is 11.5. The van der Waals surface area contributed by atoms with E-state index in [9.17, 15) is 4.79 Å². The van der Waals surface area contributed by atoms with Crippen molar-refractivity contribution >= 4 is 28.7 Å². The van der Waals surface area contributed by atoms with Gasteiger partial charge in [-0.05, 0) is 44.0 Å². The highest BCUT2D eigenvalue weighted by molar-refractivity contribution is 7.15. The zero-order valence-electron chi connectivity index (χ0n) is 17.4. The van der Waals surface area contributed by atoms with Crippen LogP contribution in [-0.2, 0) is 6.54 Å². The summed E-state index contributed by atoms with van der Waals surface area (Å²) in [5.41, 5.74) is 11.5. The van der Waals surface area contributed by atoms with Crippen LogP contribution in [0.4, 0.5) is 11.6 Å². The van der Waals surface area contributed by atoms with Gasteiger partial charge in [-0.25, -0.2) is 5.01 Å². The van der Waals surface area contributed by atoms with Crippen LogP contribution >= 0.6 is 11.3 Å². The first kappa shape index (κ1) is 19.3. The topological polar surface area (TPSA) is 105 Å². The van der Waals surface area contributed by atoms with Crippen molar-refractivity contribution in [3.8, 4) is 5.00 Å². The summed E-state index contributed by atoms with van der Waals surface area (Å²) in [6.07, 6.45) is 1.70. The SMILES string of the molecule is Cc1sc2c(c1C)C(c1ccc(N)cc1)=NN(Cc1ccc(=O)[nH]c1)c1nnc(C)n1-2. The first-order valence-corrected chi connectivity index (χ1v) is 10.7. The maximum atomic E-state index is 11.5. The lowest BCUT2D eigenvalue weighted by Crippen LogP contribution is -2.21. The molecular formula is C22H21N7OS. The third-order valence-electron chi connectivity index (χ3n) is 5.43. The smallest absolute Gasteiger partial charge is 0.253 e. The van der Waals surface area contributed by atoms with Crippen LogP contribution in [0.2, 0.25) is 0 Å². The number of aryl methyl sites for hydroxylation is 2. The van der Waals surface area contributed by atoms with E-state index < -0.39 is 0 Å². The number of nitrogens with zero attached hydrogens (tertiary/aromatic N) is 5. The van der Waals surface area contributed by atoms with Gasteiger partial charge in [-0.2, -0.15) is 5.10 Å². The van der Waals surface area contributed by atoms with Gasteiger partial charge in [0, 0.05) is 34.0 Å². The molecule has 3 N–H and O–H groups in total. The van der Waals surface area contributed by atoms with E-state index in [-0.39, 0.29) is 5.56 Å². The molecule has 156 valence electrons. The average molecular weight is 432 g/mol. The molecule has 8 nitrogen and oxygen atoms in total. The van der Waals surface area contributed by atoms with Crippen molar-refractivity contribution in [1.29, 1.82) is 0 Å². The lowest BCUT2D eigenvalue weighted by molar-refractivity contribution is 0.794. The van der Waals surface area contributed by atoms with Crippen molar-refractivity contribution in [2.75, 3.05) is 10.7 Å². The minimum absolute atomic E-state index is 0.141. The molecule has 0 fully saturated rings. The molecule has 0 amide bonds. The summed E-state index contributed by atoms with van der Waals surface area (Å²) >= 11 is 1.71. The molecule has 31 heavy (non-hydrogen) atoms. The number of benzene rings is 1. The zero-order valence-corrected chi connectivity index (χ0v) is 18.2. The summed E-state index contributed by atoms with van der Waals surface area (Å²) in [7, 11) is 0. The minimum atomic E-state index is -0.141. The van der Waals surface area contributed by atoms with Gasteiger partial charge in [0.2, 0.25) is 5.56 Å². The second kappa shape index (κ2) is 7.21. The number of hydrazone groups is 1. The highest BCUT2D eigenvalue weighted by Gasteiger charge is 2.30. The summed E-state index contributed by atoms with van der Waals surface area (Å²) < 4.78 is 2.06. The van der Waals surface area contributed by atoms with Gasteiger partial charge >= 0.3 is 0 Å². The van der Waals surface area contributed by atoms with Gasteiger partial charge < -0.3 is 10.7 Å². The number of thiophene rings is 1.